The van der Waals surface area contributed by atoms with Crippen molar-refractivity contribution in [2.45, 2.75) is 38.1 Å². The van der Waals surface area contributed by atoms with E-state index in [0.29, 0.717) is 0 Å². The van der Waals surface area contributed by atoms with Crippen LogP contribution in [0.5, 0.6) is 0 Å². The summed E-state index contributed by atoms with van der Waals surface area (Å²) in [6, 6.07) is 0.146. The van der Waals surface area contributed by atoms with Crippen LogP contribution in [0.4, 0.5) is 0 Å². The minimum absolute atomic E-state index is 0.146. The molecule has 1 aliphatic rings. The van der Waals surface area contributed by atoms with Gasteiger partial charge in [0.25, 0.3) is 0 Å². The van der Waals surface area contributed by atoms with E-state index in [1.165, 1.54) is 18.2 Å². The summed E-state index contributed by atoms with van der Waals surface area (Å²) in [4.78, 5) is 23.0. The van der Waals surface area contributed by atoms with Gasteiger partial charge in [0.15, 0.2) is 0 Å². The quantitative estimate of drug-likeness (QED) is 0.757. The number of hydrogen-bond acceptors (Lipinski definition) is 4. The van der Waals surface area contributed by atoms with Crippen LogP contribution in [0.2, 0.25) is 0 Å². The lowest BCUT2D eigenvalue weighted by Gasteiger charge is -2.21. The molecule has 0 saturated heterocycles. The van der Waals surface area contributed by atoms with E-state index >= 15 is 0 Å². The number of H-pyrrole nitrogens is 1. The first-order chi connectivity index (χ1) is 7.74. The average molecular weight is 225 g/mol. The van der Waals surface area contributed by atoms with E-state index in [9.17, 15) is 9.59 Å². The number of nitrogens with one attached hydrogen (secondary N) is 1. The molecule has 6 heteroatoms. The Labute approximate surface area is 92.6 Å². The van der Waals surface area contributed by atoms with Crippen LogP contribution in [0.3, 0.4) is 0 Å². The Morgan fingerprint density at radius 3 is 2.75 bits per heavy atom. The number of carbonyl (C=O) groups excluding carboxylic acids is 1. The second kappa shape index (κ2) is 4.51. The Bertz CT molecular complexity index is 429. The van der Waals surface area contributed by atoms with Crippen molar-refractivity contribution in [3.05, 3.63) is 16.0 Å². The van der Waals surface area contributed by atoms with E-state index in [1.807, 2.05) is 0 Å². The molecule has 1 aliphatic carbocycles. The van der Waals surface area contributed by atoms with E-state index in [0.717, 1.165) is 25.7 Å². The van der Waals surface area contributed by atoms with Crippen LogP contribution in [0, 0.1) is 0 Å². The minimum Gasteiger partial charge on any atom is -0.464 e. The SMILES string of the molecule is COC(=O)c1n[nH]n(C2CCCCC2)c1=O. The van der Waals surface area contributed by atoms with Gasteiger partial charge in [-0.25, -0.2) is 14.7 Å². The third-order valence-electron chi connectivity index (χ3n) is 3.01. The summed E-state index contributed by atoms with van der Waals surface area (Å²) in [5.41, 5.74) is -0.535. The summed E-state index contributed by atoms with van der Waals surface area (Å²) < 4.78 is 5.93. The number of methoxy groups -OCH3 is 1. The van der Waals surface area contributed by atoms with E-state index in [4.69, 9.17) is 0 Å². The summed E-state index contributed by atoms with van der Waals surface area (Å²) in [6.07, 6.45) is 5.36. The van der Waals surface area contributed by atoms with Gasteiger partial charge in [0, 0.05) is 0 Å². The highest BCUT2D eigenvalue weighted by atomic mass is 16.5. The fourth-order valence-corrected chi connectivity index (χ4v) is 2.13. The van der Waals surface area contributed by atoms with Crippen LogP contribution >= 0.6 is 0 Å². The summed E-state index contributed by atoms with van der Waals surface area (Å²) in [5.74, 6) is -0.684. The maximum atomic E-state index is 11.8. The smallest absolute Gasteiger partial charge is 0.364 e. The van der Waals surface area contributed by atoms with Crippen molar-refractivity contribution in [1.82, 2.24) is 15.0 Å². The molecule has 0 amide bonds. The van der Waals surface area contributed by atoms with Crippen molar-refractivity contribution in [3.8, 4) is 0 Å². The normalized spacial score (nSPS) is 17.3. The van der Waals surface area contributed by atoms with Crippen molar-refractivity contribution < 1.29 is 9.53 Å². The van der Waals surface area contributed by atoms with Crippen LogP contribution in [-0.4, -0.2) is 28.1 Å². The van der Waals surface area contributed by atoms with Crippen LogP contribution in [0.25, 0.3) is 0 Å². The van der Waals surface area contributed by atoms with Gasteiger partial charge in [-0.1, -0.05) is 19.3 Å². The van der Waals surface area contributed by atoms with Crippen molar-refractivity contribution in [3.63, 3.8) is 0 Å². The van der Waals surface area contributed by atoms with E-state index < -0.39 is 5.97 Å². The summed E-state index contributed by atoms with van der Waals surface area (Å²) >= 11 is 0. The molecule has 0 aromatic carbocycles. The lowest BCUT2D eigenvalue weighted by atomic mass is 9.96. The Balaban J connectivity index is 2.25. The Morgan fingerprint density at radius 2 is 2.12 bits per heavy atom. The van der Waals surface area contributed by atoms with Gasteiger partial charge in [-0.15, -0.1) is 5.10 Å². The molecule has 1 aromatic heterocycles. The van der Waals surface area contributed by atoms with Gasteiger partial charge in [0.2, 0.25) is 5.69 Å². The molecule has 0 aliphatic heterocycles. The summed E-state index contributed by atoms with van der Waals surface area (Å²) in [5, 5.41) is 6.32. The number of rotatable bonds is 2. The molecule has 0 bridgehead atoms. The number of aromatic nitrogens is 3. The Morgan fingerprint density at radius 1 is 1.44 bits per heavy atom. The summed E-state index contributed by atoms with van der Waals surface area (Å²) in [7, 11) is 1.24. The highest BCUT2D eigenvalue weighted by molar-refractivity contribution is 5.86. The number of esters is 1. The van der Waals surface area contributed by atoms with Crippen molar-refractivity contribution >= 4 is 5.97 Å². The number of hydrogen-bond donors (Lipinski definition) is 1. The first-order valence-electron chi connectivity index (χ1n) is 5.49. The molecule has 1 fully saturated rings. The van der Waals surface area contributed by atoms with Gasteiger partial charge >= 0.3 is 11.5 Å². The minimum atomic E-state index is -0.684. The maximum Gasteiger partial charge on any atom is 0.364 e. The van der Waals surface area contributed by atoms with E-state index in [-0.39, 0.29) is 17.3 Å². The molecule has 16 heavy (non-hydrogen) atoms. The fourth-order valence-electron chi connectivity index (χ4n) is 2.13. The third kappa shape index (κ3) is 1.87. The van der Waals surface area contributed by atoms with Gasteiger partial charge in [-0.2, -0.15) is 0 Å². The van der Waals surface area contributed by atoms with Crippen LogP contribution in [0.15, 0.2) is 4.79 Å². The largest absolute Gasteiger partial charge is 0.464 e. The molecule has 0 radical (unpaired) electrons. The zero-order valence-electron chi connectivity index (χ0n) is 9.23. The Kier molecular flexibility index (Phi) is 3.07. The van der Waals surface area contributed by atoms with Gasteiger partial charge in [0.05, 0.1) is 13.2 Å². The topological polar surface area (TPSA) is 77.0 Å². The number of aromatic amines is 1. The first-order valence-corrected chi connectivity index (χ1v) is 5.49. The van der Waals surface area contributed by atoms with Crippen molar-refractivity contribution in [2.75, 3.05) is 7.11 Å². The Hall–Kier alpha value is -1.59. The van der Waals surface area contributed by atoms with Crippen LogP contribution in [-0.2, 0) is 4.74 Å². The van der Waals surface area contributed by atoms with E-state index in [1.54, 1.807) is 0 Å². The standard InChI is InChI=1S/C10H15N3O3/c1-16-10(15)8-9(14)13(12-11-8)7-5-3-2-4-6-7/h7,12H,2-6H2,1H3. The van der Waals surface area contributed by atoms with Crippen LogP contribution < -0.4 is 5.56 Å². The highest BCUT2D eigenvalue weighted by Gasteiger charge is 2.23. The maximum absolute atomic E-state index is 11.8. The monoisotopic (exact) mass is 225 g/mol. The third-order valence-corrected chi connectivity index (χ3v) is 3.01. The highest BCUT2D eigenvalue weighted by Crippen LogP contribution is 2.25. The number of ether oxygens (including phenoxy) is 1. The molecule has 1 heterocycles. The lowest BCUT2D eigenvalue weighted by molar-refractivity contribution is 0.0592. The predicted octanol–water partition coefficient (Wildman–Crippen LogP) is 0.863. The molecule has 0 unspecified atom stereocenters. The van der Waals surface area contributed by atoms with Crippen molar-refractivity contribution in [1.29, 1.82) is 0 Å². The molecule has 88 valence electrons. The molecule has 0 atom stereocenters. The summed E-state index contributed by atoms with van der Waals surface area (Å²) in [6.45, 7) is 0. The van der Waals surface area contributed by atoms with Gasteiger partial charge in [-0.05, 0) is 12.8 Å². The molecule has 2 rings (SSSR count). The molecular formula is C10H15N3O3. The van der Waals surface area contributed by atoms with E-state index in [2.05, 4.69) is 15.0 Å². The second-order valence-electron chi connectivity index (χ2n) is 4.02. The van der Waals surface area contributed by atoms with Gasteiger partial charge in [0.1, 0.15) is 0 Å². The molecular weight excluding hydrogens is 210 g/mol. The molecule has 1 saturated carbocycles. The first kappa shape index (κ1) is 10.9. The zero-order valence-corrected chi connectivity index (χ0v) is 9.23. The number of nitrogens with zero attached hydrogens (tertiary/aromatic N) is 2. The predicted molar refractivity (Wildman–Crippen MR) is 56.3 cm³/mol. The lowest BCUT2D eigenvalue weighted by Crippen LogP contribution is -2.27. The molecule has 6 nitrogen and oxygen atoms in total. The molecule has 1 aromatic rings. The second-order valence-corrected chi connectivity index (χ2v) is 4.02. The van der Waals surface area contributed by atoms with Crippen molar-refractivity contribution in [2.24, 2.45) is 0 Å². The fraction of sp³-hybridized carbons (Fsp3) is 0.700. The zero-order chi connectivity index (χ0) is 11.5. The average Bonchev–Trinajstić information content (AvgIpc) is 2.71. The van der Waals surface area contributed by atoms with Crippen LogP contribution in [0.1, 0.15) is 48.6 Å². The number of carbonyl (C=O) groups is 1. The van der Waals surface area contributed by atoms with Gasteiger partial charge in [-0.3, -0.25) is 4.79 Å². The van der Waals surface area contributed by atoms with Gasteiger partial charge < -0.3 is 4.74 Å². The molecule has 0 spiro atoms. The molecule has 1 N–H and O–H groups in total.